The predicted molar refractivity (Wildman–Crippen MR) is 86.9 cm³/mol. The average Bonchev–Trinajstić information content (AvgIpc) is 2.53. The van der Waals surface area contributed by atoms with Crippen molar-refractivity contribution in [1.82, 2.24) is 5.32 Å². The van der Waals surface area contributed by atoms with Gasteiger partial charge in [-0.3, -0.25) is 0 Å². The molecule has 22 heavy (non-hydrogen) atoms. The number of fused-ring (bicyclic) bond motifs is 1. The molecule has 4 heteroatoms. The molecular formula is C18H27NO3. The smallest absolute Gasteiger partial charge is 0.203 e. The minimum Gasteiger partial charge on any atom is -0.493 e. The summed E-state index contributed by atoms with van der Waals surface area (Å²) in [7, 11) is 1.68. The largest absolute Gasteiger partial charge is 0.493 e. The molecule has 1 heterocycles. The van der Waals surface area contributed by atoms with Crippen LogP contribution in [-0.4, -0.2) is 26.4 Å². The summed E-state index contributed by atoms with van der Waals surface area (Å²) in [5.41, 5.74) is 1.20. The van der Waals surface area contributed by atoms with Crippen molar-refractivity contribution in [1.29, 1.82) is 0 Å². The van der Waals surface area contributed by atoms with Crippen LogP contribution in [-0.2, 0) is 6.54 Å². The number of nitrogens with one attached hydrogen (secondary N) is 1. The molecule has 1 aliphatic carbocycles. The quantitative estimate of drug-likeness (QED) is 0.921. The van der Waals surface area contributed by atoms with E-state index < -0.39 is 0 Å². The molecule has 122 valence electrons. The third-order valence-corrected chi connectivity index (χ3v) is 4.59. The standard InChI is InChI=1S/C18H27NO3/c1-20-16-11-14(12-17-18(16)22-10-9-21-17)13-19-15-7-5-3-2-4-6-8-15/h11-12,15,19H,2-10,13H2,1H3. The van der Waals surface area contributed by atoms with E-state index in [1.807, 2.05) is 0 Å². The summed E-state index contributed by atoms with van der Waals surface area (Å²) < 4.78 is 16.8. The Hall–Kier alpha value is -1.42. The van der Waals surface area contributed by atoms with Gasteiger partial charge < -0.3 is 19.5 Å². The van der Waals surface area contributed by atoms with Crippen molar-refractivity contribution >= 4 is 0 Å². The molecular weight excluding hydrogens is 278 g/mol. The first kappa shape index (κ1) is 15.5. The normalized spacial score (nSPS) is 19.3. The van der Waals surface area contributed by atoms with E-state index in [1.165, 1.54) is 50.5 Å². The highest BCUT2D eigenvalue weighted by Gasteiger charge is 2.19. The van der Waals surface area contributed by atoms with E-state index in [9.17, 15) is 0 Å². The molecule has 1 aromatic carbocycles. The molecule has 0 unspecified atom stereocenters. The second-order valence-electron chi connectivity index (χ2n) is 6.25. The molecule has 1 fully saturated rings. The van der Waals surface area contributed by atoms with Gasteiger partial charge in [-0.05, 0) is 30.5 Å². The van der Waals surface area contributed by atoms with Crippen molar-refractivity contribution in [2.75, 3.05) is 20.3 Å². The zero-order chi connectivity index (χ0) is 15.2. The summed E-state index contributed by atoms with van der Waals surface area (Å²) in [6, 6.07) is 4.77. The zero-order valence-electron chi connectivity index (χ0n) is 13.5. The molecule has 1 aromatic rings. The van der Waals surface area contributed by atoms with Crippen LogP contribution in [0, 0.1) is 0 Å². The van der Waals surface area contributed by atoms with Gasteiger partial charge in [-0.15, -0.1) is 0 Å². The zero-order valence-corrected chi connectivity index (χ0v) is 13.5. The summed E-state index contributed by atoms with van der Waals surface area (Å²) in [5, 5.41) is 3.71. The maximum absolute atomic E-state index is 5.70. The number of ether oxygens (including phenoxy) is 3. The summed E-state index contributed by atoms with van der Waals surface area (Å²) in [6.07, 6.45) is 9.46. The SMILES string of the molecule is COc1cc(CNC2CCCCCCC2)cc2c1OCCO2. The van der Waals surface area contributed by atoms with Gasteiger partial charge in [0.15, 0.2) is 11.5 Å². The lowest BCUT2D eigenvalue weighted by Gasteiger charge is -2.23. The predicted octanol–water partition coefficient (Wildman–Crippen LogP) is 3.67. The average molecular weight is 305 g/mol. The molecule has 0 spiro atoms. The van der Waals surface area contributed by atoms with Crippen molar-refractivity contribution < 1.29 is 14.2 Å². The lowest BCUT2D eigenvalue weighted by molar-refractivity contribution is 0.165. The Morgan fingerprint density at radius 3 is 2.55 bits per heavy atom. The lowest BCUT2D eigenvalue weighted by Crippen LogP contribution is -2.29. The molecule has 2 aliphatic rings. The van der Waals surface area contributed by atoms with Gasteiger partial charge >= 0.3 is 0 Å². The molecule has 0 saturated heterocycles. The van der Waals surface area contributed by atoms with Crippen LogP contribution in [0.1, 0.15) is 50.5 Å². The van der Waals surface area contributed by atoms with Crippen molar-refractivity contribution in [3.05, 3.63) is 17.7 Å². The van der Waals surface area contributed by atoms with Crippen LogP contribution in [0.3, 0.4) is 0 Å². The first-order valence-corrected chi connectivity index (χ1v) is 8.56. The Morgan fingerprint density at radius 1 is 1.05 bits per heavy atom. The molecule has 0 radical (unpaired) electrons. The van der Waals surface area contributed by atoms with Crippen LogP contribution in [0.2, 0.25) is 0 Å². The van der Waals surface area contributed by atoms with E-state index >= 15 is 0 Å². The summed E-state index contributed by atoms with van der Waals surface area (Å²) in [5.74, 6) is 2.31. The molecule has 0 aromatic heterocycles. The van der Waals surface area contributed by atoms with E-state index in [0.29, 0.717) is 19.3 Å². The van der Waals surface area contributed by atoms with Crippen LogP contribution in [0.5, 0.6) is 17.2 Å². The van der Waals surface area contributed by atoms with E-state index in [0.717, 1.165) is 23.8 Å². The fourth-order valence-electron chi connectivity index (χ4n) is 3.35. The van der Waals surface area contributed by atoms with E-state index in [2.05, 4.69) is 17.4 Å². The second-order valence-corrected chi connectivity index (χ2v) is 6.25. The monoisotopic (exact) mass is 305 g/mol. The van der Waals surface area contributed by atoms with Crippen molar-refractivity contribution in [2.24, 2.45) is 0 Å². The van der Waals surface area contributed by atoms with Gasteiger partial charge in [-0.25, -0.2) is 0 Å². The van der Waals surface area contributed by atoms with Crippen LogP contribution in [0.15, 0.2) is 12.1 Å². The molecule has 0 bridgehead atoms. The van der Waals surface area contributed by atoms with Gasteiger partial charge in [0.1, 0.15) is 13.2 Å². The van der Waals surface area contributed by atoms with Gasteiger partial charge in [-0.1, -0.05) is 32.1 Å². The van der Waals surface area contributed by atoms with Crippen LogP contribution >= 0.6 is 0 Å². The Morgan fingerprint density at radius 2 is 1.77 bits per heavy atom. The Kier molecular flexibility index (Phi) is 5.43. The van der Waals surface area contributed by atoms with Crippen molar-refractivity contribution in [3.8, 4) is 17.2 Å². The van der Waals surface area contributed by atoms with Gasteiger partial charge in [0.05, 0.1) is 7.11 Å². The third-order valence-electron chi connectivity index (χ3n) is 4.59. The first-order valence-electron chi connectivity index (χ1n) is 8.56. The second kappa shape index (κ2) is 7.73. The molecule has 1 N–H and O–H groups in total. The maximum Gasteiger partial charge on any atom is 0.203 e. The maximum atomic E-state index is 5.70. The minimum atomic E-state index is 0.586. The molecule has 1 aliphatic heterocycles. The molecule has 4 nitrogen and oxygen atoms in total. The van der Waals surface area contributed by atoms with E-state index in [4.69, 9.17) is 14.2 Å². The minimum absolute atomic E-state index is 0.586. The van der Waals surface area contributed by atoms with E-state index in [1.54, 1.807) is 7.11 Å². The highest BCUT2D eigenvalue weighted by atomic mass is 16.6. The highest BCUT2D eigenvalue weighted by molar-refractivity contribution is 5.54. The van der Waals surface area contributed by atoms with Gasteiger partial charge in [0.2, 0.25) is 5.75 Å². The topological polar surface area (TPSA) is 39.7 Å². The Labute approximate surface area is 133 Å². The molecule has 3 rings (SSSR count). The summed E-state index contributed by atoms with van der Waals surface area (Å²) in [4.78, 5) is 0. The number of hydrogen-bond donors (Lipinski definition) is 1. The number of rotatable bonds is 4. The summed E-state index contributed by atoms with van der Waals surface area (Å²) >= 11 is 0. The highest BCUT2D eigenvalue weighted by Crippen LogP contribution is 2.40. The van der Waals surface area contributed by atoms with Crippen LogP contribution in [0.25, 0.3) is 0 Å². The number of benzene rings is 1. The first-order chi connectivity index (χ1) is 10.9. The Bertz CT molecular complexity index is 464. The van der Waals surface area contributed by atoms with Crippen LogP contribution in [0.4, 0.5) is 0 Å². The van der Waals surface area contributed by atoms with Gasteiger partial charge in [-0.2, -0.15) is 0 Å². The summed E-state index contributed by atoms with van der Waals surface area (Å²) in [6.45, 7) is 2.05. The van der Waals surface area contributed by atoms with Crippen molar-refractivity contribution in [2.45, 2.75) is 57.5 Å². The van der Waals surface area contributed by atoms with E-state index in [-0.39, 0.29) is 0 Å². The fraction of sp³-hybridized carbons (Fsp3) is 0.667. The van der Waals surface area contributed by atoms with Gasteiger partial charge in [0.25, 0.3) is 0 Å². The number of hydrogen-bond acceptors (Lipinski definition) is 4. The number of methoxy groups -OCH3 is 1. The van der Waals surface area contributed by atoms with Crippen LogP contribution < -0.4 is 19.5 Å². The Balaban J connectivity index is 1.64. The molecule has 0 amide bonds. The lowest BCUT2D eigenvalue weighted by atomic mass is 9.96. The third kappa shape index (κ3) is 3.86. The fourth-order valence-corrected chi connectivity index (χ4v) is 3.35. The van der Waals surface area contributed by atoms with Crippen molar-refractivity contribution in [3.63, 3.8) is 0 Å². The molecule has 1 saturated carbocycles. The molecule has 0 atom stereocenters. The van der Waals surface area contributed by atoms with Gasteiger partial charge in [0, 0.05) is 12.6 Å².